The Bertz CT molecular complexity index is 997. The SMILES string of the molecule is CCC(C)NC(=O)C1Cc2cc(C(F)(F)F)ccc2N2CCN(c3cccc(Cl)c3)CC12. The number of nitrogens with zero attached hydrogens (tertiary/aromatic N) is 2. The van der Waals surface area contributed by atoms with Gasteiger partial charge in [-0.3, -0.25) is 4.79 Å². The number of nitrogens with one attached hydrogen (secondary N) is 1. The van der Waals surface area contributed by atoms with Crippen LogP contribution >= 0.6 is 11.6 Å². The number of hydrogen-bond donors (Lipinski definition) is 1. The first kappa shape index (κ1) is 22.8. The van der Waals surface area contributed by atoms with Gasteiger partial charge in [-0.15, -0.1) is 0 Å². The van der Waals surface area contributed by atoms with Crippen LogP contribution in [0.15, 0.2) is 42.5 Å². The number of anilines is 2. The first-order valence-electron chi connectivity index (χ1n) is 10.9. The molecule has 0 aliphatic carbocycles. The molecule has 0 saturated carbocycles. The molecule has 3 atom stereocenters. The van der Waals surface area contributed by atoms with Crippen molar-refractivity contribution >= 4 is 28.9 Å². The molecule has 4 nitrogen and oxygen atoms in total. The lowest BCUT2D eigenvalue weighted by molar-refractivity contribution is -0.137. The van der Waals surface area contributed by atoms with Crippen molar-refractivity contribution < 1.29 is 18.0 Å². The van der Waals surface area contributed by atoms with E-state index < -0.39 is 17.7 Å². The van der Waals surface area contributed by atoms with Gasteiger partial charge < -0.3 is 15.1 Å². The number of alkyl halides is 3. The number of carbonyl (C=O) groups excluding carboxylic acids is 1. The Kier molecular flexibility index (Phi) is 6.30. The van der Waals surface area contributed by atoms with Crippen molar-refractivity contribution in [3.05, 3.63) is 58.6 Å². The van der Waals surface area contributed by atoms with Gasteiger partial charge in [0.15, 0.2) is 0 Å². The quantitative estimate of drug-likeness (QED) is 0.679. The second-order valence-electron chi connectivity index (χ2n) is 8.66. The van der Waals surface area contributed by atoms with E-state index in [1.807, 2.05) is 38.1 Å². The molecule has 0 bridgehead atoms. The van der Waals surface area contributed by atoms with Crippen LogP contribution in [-0.4, -0.2) is 37.6 Å². The van der Waals surface area contributed by atoms with E-state index in [4.69, 9.17) is 11.6 Å². The van der Waals surface area contributed by atoms with E-state index in [1.54, 1.807) is 6.07 Å². The third kappa shape index (κ3) is 4.53. The zero-order chi connectivity index (χ0) is 23.0. The molecule has 3 unspecified atom stereocenters. The molecule has 8 heteroatoms. The summed E-state index contributed by atoms with van der Waals surface area (Å²) in [6.45, 7) is 5.83. The molecule has 2 aromatic rings. The second-order valence-corrected chi connectivity index (χ2v) is 9.09. The zero-order valence-electron chi connectivity index (χ0n) is 18.1. The van der Waals surface area contributed by atoms with E-state index in [0.717, 1.165) is 23.9 Å². The van der Waals surface area contributed by atoms with Gasteiger partial charge in [0.1, 0.15) is 0 Å². The summed E-state index contributed by atoms with van der Waals surface area (Å²) >= 11 is 6.18. The lowest BCUT2D eigenvalue weighted by Crippen LogP contribution is -2.61. The summed E-state index contributed by atoms with van der Waals surface area (Å²) in [7, 11) is 0. The summed E-state index contributed by atoms with van der Waals surface area (Å²) in [6, 6.07) is 11.4. The van der Waals surface area contributed by atoms with Crippen molar-refractivity contribution in [2.45, 2.75) is 44.9 Å². The molecule has 2 aliphatic rings. The molecule has 0 spiro atoms. The lowest BCUT2D eigenvalue weighted by Gasteiger charge is -2.50. The van der Waals surface area contributed by atoms with Crippen LogP contribution in [-0.2, 0) is 17.4 Å². The first-order valence-corrected chi connectivity index (χ1v) is 11.3. The third-order valence-corrected chi connectivity index (χ3v) is 6.79. The number of halogens is 4. The number of carbonyl (C=O) groups is 1. The zero-order valence-corrected chi connectivity index (χ0v) is 18.9. The number of benzene rings is 2. The highest BCUT2D eigenvalue weighted by atomic mass is 35.5. The molecular formula is C24H27ClF3N3O. The predicted molar refractivity (Wildman–Crippen MR) is 121 cm³/mol. The van der Waals surface area contributed by atoms with Gasteiger partial charge in [0, 0.05) is 42.1 Å². The van der Waals surface area contributed by atoms with Crippen molar-refractivity contribution in [2.24, 2.45) is 5.92 Å². The Labute approximate surface area is 191 Å². The van der Waals surface area contributed by atoms with Gasteiger partial charge >= 0.3 is 6.18 Å². The van der Waals surface area contributed by atoms with Crippen LogP contribution in [0.5, 0.6) is 0 Å². The van der Waals surface area contributed by atoms with Crippen LogP contribution < -0.4 is 15.1 Å². The number of fused-ring (bicyclic) bond motifs is 3. The fourth-order valence-corrected chi connectivity index (χ4v) is 4.84. The molecule has 1 saturated heterocycles. The average molecular weight is 466 g/mol. The average Bonchev–Trinajstić information content (AvgIpc) is 2.76. The number of piperazine rings is 1. The Morgan fingerprint density at radius 1 is 1.22 bits per heavy atom. The van der Waals surface area contributed by atoms with E-state index >= 15 is 0 Å². The van der Waals surface area contributed by atoms with Gasteiger partial charge in [0.05, 0.1) is 17.5 Å². The minimum atomic E-state index is -4.41. The van der Waals surface area contributed by atoms with Gasteiger partial charge in [-0.2, -0.15) is 13.2 Å². The first-order chi connectivity index (χ1) is 15.2. The molecule has 2 aromatic carbocycles. The predicted octanol–water partition coefficient (Wildman–Crippen LogP) is 5.14. The van der Waals surface area contributed by atoms with Crippen LogP contribution in [0.25, 0.3) is 0 Å². The molecule has 4 rings (SSSR count). The summed E-state index contributed by atoms with van der Waals surface area (Å²) in [5.74, 6) is -0.549. The van der Waals surface area contributed by atoms with Gasteiger partial charge in [-0.25, -0.2) is 0 Å². The maximum Gasteiger partial charge on any atom is 0.416 e. The maximum atomic E-state index is 13.3. The third-order valence-electron chi connectivity index (χ3n) is 6.55. The molecule has 0 radical (unpaired) electrons. The minimum Gasteiger partial charge on any atom is -0.368 e. The summed E-state index contributed by atoms with van der Waals surface area (Å²) < 4.78 is 40.0. The van der Waals surface area contributed by atoms with Gasteiger partial charge in [0.2, 0.25) is 5.91 Å². The van der Waals surface area contributed by atoms with Crippen molar-refractivity contribution in [3.8, 4) is 0 Å². The molecule has 1 fully saturated rings. The van der Waals surface area contributed by atoms with Gasteiger partial charge in [0.25, 0.3) is 0 Å². The van der Waals surface area contributed by atoms with Crippen molar-refractivity contribution in [1.29, 1.82) is 0 Å². The molecule has 2 aliphatic heterocycles. The summed E-state index contributed by atoms with van der Waals surface area (Å²) in [5, 5.41) is 3.69. The molecular weight excluding hydrogens is 439 g/mol. The van der Waals surface area contributed by atoms with E-state index in [9.17, 15) is 18.0 Å². The summed E-state index contributed by atoms with van der Waals surface area (Å²) in [6.07, 6.45) is -3.34. The number of amides is 1. The van der Waals surface area contributed by atoms with Crippen LogP contribution in [0, 0.1) is 5.92 Å². The van der Waals surface area contributed by atoms with Crippen molar-refractivity contribution in [3.63, 3.8) is 0 Å². The minimum absolute atomic E-state index is 0.00600. The van der Waals surface area contributed by atoms with Crippen LogP contribution in [0.4, 0.5) is 24.5 Å². The maximum absolute atomic E-state index is 13.3. The molecule has 0 aromatic heterocycles. The van der Waals surface area contributed by atoms with E-state index in [2.05, 4.69) is 15.1 Å². The topological polar surface area (TPSA) is 35.6 Å². The van der Waals surface area contributed by atoms with E-state index in [1.165, 1.54) is 6.07 Å². The fraction of sp³-hybridized carbons (Fsp3) is 0.458. The number of hydrogen-bond acceptors (Lipinski definition) is 3. The molecule has 2 heterocycles. The highest BCUT2D eigenvalue weighted by Gasteiger charge is 2.43. The van der Waals surface area contributed by atoms with Crippen LogP contribution in [0.2, 0.25) is 5.02 Å². The molecule has 1 amide bonds. The largest absolute Gasteiger partial charge is 0.416 e. The van der Waals surface area contributed by atoms with Crippen molar-refractivity contribution in [2.75, 3.05) is 29.4 Å². The summed E-state index contributed by atoms with van der Waals surface area (Å²) in [4.78, 5) is 17.5. The second kappa shape index (κ2) is 8.85. The Morgan fingerprint density at radius 2 is 2.00 bits per heavy atom. The standard InChI is InChI=1S/C24H27ClF3N3O/c1-3-15(2)29-23(32)20-12-16-11-17(24(26,27)28)7-8-21(16)31-10-9-30(14-22(20)31)19-6-4-5-18(25)13-19/h4-8,11,13,15,20,22H,3,9-10,12,14H2,1-2H3,(H,29,32). The normalized spacial score (nSPS) is 21.6. The van der Waals surface area contributed by atoms with E-state index in [0.29, 0.717) is 30.2 Å². The Morgan fingerprint density at radius 3 is 2.69 bits per heavy atom. The van der Waals surface area contributed by atoms with Gasteiger partial charge in [-0.05, 0) is 61.7 Å². The van der Waals surface area contributed by atoms with Crippen LogP contribution in [0.1, 0.15) is 31.4 Å². The fourth-order valence-electron chi connectivity index (χ4n) is 4.66. The highest BCUT2D eigenvalue weighted by Crippen LogP contribution is 2.40. The monoisotopic (exact) mass is 465 g/mol. The Balaban J connectivity index is 1.68. The summed E-state index contributed by atoms with van der Waals surface area (Å²) in [5.41, 5.74) is 1.68. The Hall–Kier alpha value is -2.41. The number of rotatable bonds is 4. The smallest absolute Gasteiger partial charge is 0.368 e. The molecule has 172 valence electrons. The van der Waals surface area contributed by atoms with Gasteiger partial charge in [-0.1, -0.05) is 24.6 Å². The molecule has 32 heavy (non-hydrogen) atoms. The van der Waals surface area contributed by atoms with E-state index in [-0.39, 0.29) is 24.4 Å². The van der Waals surface area contributed by atoms with Crippen molar-refractivity contribution in [1.82, 2.24) is 5.32 Å². The lowest BCUT2D eigenvalue weighted by atomic mass is 9.82. The van der Waals surface area contributed by atoms with Crippen LogP contribution in [0.3, 0.4) is 0 Å². The highest BCUT2D eigenvalue weighted by molar-refractivity contribution is 6.30. The molecule has 1 N–H and O–H groups in total.